The van der Waals surface area contributed by atoms with Gasteiger partial charge in [0.1, 0.15) is 0 Å². The Bertz CT molecular complexity index is 719. The Hall–Kier alpha value is -1.22. The van der Waals surface area contributed by atoms with Crippen molar-refractivity contribution in [3.63, 3.8) is 0 Å². The summed E-state index contributed by atoms with van der Waals surface area (Å²) in [7, 11) is 0. The van der Waals surface area contributed by atoms with Crippen molar-refractivity contribution >= 4 is 41.7 Å². The summed E-state index contributed by atoms with van der Waals surface area (Å²) in [5, 5.41) is 10.6. The molecule has 2 N–H and O–H groups in total. The van der Waals surface area contributed by atoms with Crippen LogP contribution < -0.4 is 5.32 Å². The Morgan fingerprint density at radius 3 is 2.89 bits per heavy atom. The largest absolute Gasteiger partial charge is 0.357 e. The molecule has 7 heteroatoms. The van der Waals surface area contributed by atoms with Gasteiger partial charge in [-0.3, -0.25) is 10.1 Å². The van der Waals surface area contributed by atoms with Crippen molar-refractivity contribution in [2.24, 2.45) is 10.9 Å². The molecule has 1 unspecified atom stereocenters. The lowest BCUT2D eigenvalue weighted by Crippen LogP contribution is -2.40. The third-order valence-corrected chi connectivity index (χ3v) is 6.19. The Morgan fingerprint density at radius 1 is 1.36 bits per heavy atom. The maximum Gasteiger partial charge on any atom is 0.193 e. The molecule has 1 aromatic heterocycles. The van der Waals surface area contributed by atoms with Gasteiger partial charge in [0, 0.05) is 42.5 Å². The maximum atomic E-state index is 4.87. The van der Waals surface area contributed by atoms with Crippen molar-refractivity contribution in [3.05, 3.63) is 47.8 Å². The maximum absolute atomic E-state index is 4.87. The fraction of sp³-hybridized carbons (Fsp3) is 0.524. The molecule has 1 aliphatic rings. The van der Waals surface area contributed by atoms with Gasteiger partial charge in [0.2, 0.25) is 0 Å². The number of guanidine groups is 1. The number of likely N-dealkylation sites (tertiary alicyclic amines) is 1. The highest BCUT2D eigenvalue weighted by atomic mass is 127. The van der Waals surface area contributed by atoms with Crippen molar-refractivity contribution < 1.29 is 0 Å². The van der Waals surface area contributed by atoms with Crippen LogP contribution in [0.15, 0.2) is 46.4 Å². The number of aromatic nitrogens is 2. The first kappa shape index (κ1) is 23.1. The molecule has 1 aliphatic heterocycles. The molecular formula is C21H32IN5S. The highest BCUT2D eigenvalue weighted by Crippen LogP contribution is 2.25. The molecule has 154 valence electrons. The number of aryl methyl sites for hydroxylation is 2. The summed E-state index contributed by atoms with van der Waals surface area (Å²) in [6.45, 7) is 8.20. The van der Waals surface area contributed by atoms with E-state index < -0.39 is 0 Å². The number of nitrogens with zero attached hydrogens (tertiary/aromatic N) is 3. The summed E-state index contributed by atoms with van der Waals surface area (Å²) in [5.74, 6) is 2.99. The van der Waals surface area contributed by atoms with Gasteiger partial charge in [-0.15, -0.1) is 35.7 Å². The SMILES string of the molecule is CCNC(=NCCCc1cn[nH]c1C)N1CCC(CSc2ccccc2)C1.I. The van der Waals surface area contributed by atoms with Gasteiger partial charge in [-0.2, -0.15) is 5.10 Å². The van der Waals surface area contributed by atoms with Gasteiger partial charge in [0.25, 0.3) is 0 Å². The average Bonchev–Trinajstić information content (AvgIpc) is 3.32. The van der Waals surface area contributed by atoms with Gasteiger partial charge < -0.3 is 10.2 Å². The summed E-state index contributed by atoms with van der Waals surface area (Å²) in [5.41, 5.74) is 2.47. The molecule has 5 nitrogen and oxygen atoms in total. The van der Waals surface area contributed by atoms with Gasteiger partial charge in [-0.1, -0.05) is 18.2 Å². The first-order chi connectivity index (χ1) is 13.3. The molecule has 0 radical (unpaired) electrons. The lowest BCUT2D eigenvalue weighted by molar-refractivity contribution is 0.474. The number of benzene rings is 1. The average molecular weight is 513 g/mol. The van der Waals surface area contributed by atoms with Crippen molar-refractivity contribution in [2.45, 2.75) is 38.0 Å². The second kappa shape index (κ2) is 12.4. The molecule has 0 aliphatic carbocycles. The molecule has 2 heterocycles. The molecule has 1 fully saturated rings. The standard InChI is InChI=1S/C21H31N5S.HI/c1-3-22-21(23-12-7-8-19-14-24-25-17(19)2)26-13-11-18(15-26)16-27-20-9-5-4-6-10-20;/h4-6,9-10,14,18H,3,7-8,11-13,15-16H2,1-2H3,(H,22,23)(H,24,25);1H. The van der Waals surface area contributed by atoms with E-state index in [0.717, 1.165) is 50.9 Å². The monoisotopic (exact) mass is 513 g/mol. The number of H-pyrrole nitrogens is 1. The smallest absolute Gasteiger partial charge is 0.193 e. The molecule has 1 aromatic carbocycles. The van der Waals surface area contributed by atoms with E-state index in [1.54, 1.807) is 0 Å². The molecule has 1 saturated heterocycles. The molecule has 0 spiro atoms. The van der Waals surface area contributed by atoms with Crippen LogP contribution in [0, 0.1) is 12.8 Å². The predicted molar refractivity (Wildman–Crippen MR) is 130 cm³/mol. The van der Waals surface area contributed by atoms with E-state index >= 15 is 0 Å². The second-order valence-electron chi connectivity index (χ2n) is 7.08. The van der Waals surface area contributed by atoms with Gasteiger partial charge >= 0.3 is 0 Å². The molecule has 2 aromatic rings. The fourth-order valence-corrected chi connectivity index (χ4v) is 4.45. The summed E-state index contributed by atoms with van der Waals surface area (Å²) in [6.07, 6.45) is 5.26. The number of halogens is 1. The van der Waals surface area contributed by atoms with Crippen LogP contribution >= 0.6 is 35.7 Å². The van der Waals surface area contributed by atoms with Crippen LogP contribution in [0.4, 0.5) is 0 Å². The van der Waals surface area contributed by atoms with Gasteiger partial charge in [0.15, 0.2) is 5.96 Å². The van der Waals surface area contributed by atoms with E-state index in [0.29, 0.717) is 0 Å². The second-order valence-corrected chi connectivity index (χ2v) is 8.18. The summed E-state index contributed by atoms with van der Waals surface area (Å²) >= 11 is 1.97. The van der Waals surface area contributed by atoms with E-state index in [4.69, 9.17) is 4.99 Å². The minimum atomic E-state index is 0. The van der Waals surface area contributed by atoms with E-state index in [1.165, 1.54) is 28.3 Å². The van der Waals surface area contributed by atoms with Crippen LogP contribution in [0.3, 0.4) is 0 Å². The fourth-order valence-electron chi connectivity index (χ4n) is 3.40. The van der Waals surface area contributed by atoms with E-state index in [-0.39, 0.29) is 24.0 Å². The van der Waals surface area contributed by atoms with E-state index in [9.17, 15) is 0 Å². The Labute approximate surface area is 190 Å². The first-order valence-corrected chi connectivity index (χ1v) is 10.9. The number of aromatic amines is 1. The lowest BCUT2D eigenvalue weighted by Gasteiger charge is -2.21. The number of aliphatic imine (C=N–C) groups is 1. The van der Waals surface area contributed by atoms with Gasteiger partial charge in [-0.25, -0.2) is 0 Å². The van der Waals surface area contributed by atoms with Crippen molar-refractivity contribution in [3.8, 4) is 0 Å². The number of hydrogen-bond donors (Lipinski definition) is 2. The number of nitrogens with one attached hydrogen (secondary N) is 2. The zero-order chi connectivity index (χ0) is 18.9. The van der Waals surface area contributed by atoms with E-state index in [2.05, 4.69) is 64.6 Å². The number of hydrogen-bond acceptors (Lipinski definition) is 3. The summed E-state index contributed by atoms with van der Waals surface area (Å²) < 4.78 is 0. The Morgan fingerprint density at radius 2 is 2.18 bits per heavy atom. The quantitative estimate of drug-likeness (QED) is 0.181. The molecule has 0 bridgehead atoms. The highest BCUT2D eigenvalue weighted by molar-refractivity contribution is 14.0. The molecule has 0 saturated carbocycles. The van der Waals surface area contributed by atoms with Crippen LogP contribution in [0.1, 0.15) is 31.0 Å². The molecular weight excluding hydrogens is 481 g/mol. The third kappa shape index (κ3) is 6.99. The normalized spacial score (nSPS) is 16.9. The molecule has 0 amide bonds. The van der Waals surface area contributed by atoms with Crippen LogP contribution in [0.5, 0.6) is 0 Å². The molecule has 3 rings (SSSR count). The predicted octanol–water partition coefficient (Wildman–Crippen LogP) is 4.35. The Kier molecular flexibility index (Phi) is 10.2. The van der Waals surface area contributed by atoms with Gasteiger partial charge in [-0.05, 0) is 56.7 Å². The number of thioether (sulfide) groups is 1. The number of rotatable bonds is 8. The minimum absolute atomic E-state index is 0. The molecule has 28 heavy (non-hydrogen) atoms. The van der Waals surface area contributed by atoms with E-state index in [1.807, 2.05) is 18.0 Å². The van der Waals surface area contributed by atoms with Crippen molar-refractivity contribution in [1.82, 2.24) is 20.4 Å². The third-order valence-electron chi connectivity index (χ3n) is 4.95. The summed E-state index contributed by atoms with van der Waals surface area (Å²) in [4.78, 5) is 8.67. The van der Waals surface area contributed by atoms with Crippen LogP contribution in [-0.4, -0.2) is 53.0 Å². The van der Waals surface area contributed by atoms with Crippen LogP contribution in [0.2, 0.25) is 0 Å². The first-order valence-electron chi connectivity index (χ1n) is 9.96. The Balaban J connectivity index is 0.00000280. The minimum Gasteiger partial charge on any atom is -0.357 e. The van der Waals surface area contributed by atoms with Crippen molar-refractivity contribution in [2.75, 3.05) is 31.9 Å². The molecule has 1 atom stereocenters. The van der Waals surface area contributed by atoms with Crippen LogP contribution in [-0.2, 0) is 6.42 Å². The topological polar surface area (TPSA) is 56.3 Å². The zero-order valence-electron chi connectivity index (χ0n) is 16.9. The highest BCUT2D eigenvalue weighted by Gasteiger charge is 2.24. The van der Waals surface area contributed by atoms with Gasteiger partial charge in [0.05, 0.1) is 6.20 Å². The lowest BCUT2D eigenvalue weighted by atomic mass is 10.1. The zero-order valence-corrected chi connectivity index (χ0v) is 20.0. The summed E-state index contributed by atoms with van der Waals surface area (Å²) in [6, 6.07) is 10.7. The van der Waals surface area contributed by atoms with Crippen molar-refractivity contribution in [1.29, 1.82) is 0 Å². The van der Waals surface area contributed by atoms with Crippen LogP contribution in [0.25, 0.3) is 0 Å².